The highest BCUT2D eigenvalue weighted by Crippen LogP contribution is 2.11. The first kappa shape index (κ1) is 10.5. The van der Waals surface area contributed by atoms with Gasteiger partial charge in [-0.25, -0.2) is 0 Å². The molecule has 1 unspecified atom stereocenters. The van der Waals surface area contributed by atoms with Crippen molar-refractivity contribution in [2.24, 2.45) is 0 Å². The fourth-order valence-electron chi connectivity index (χ4n) is 1.57. The molecule has 0 aliphatic heterocycles. The molecule has 0 aliphatic rings. The maximum absolute atomic E-state index is 11.8. The van der Waals surface area contributed by atoms with Crippen molar-refractivity contribution >= 4 is 5.91 Å². The molecule has 0 radical (unpaired) electrons. The summed E-state index contributed by atoms with van der Waals surface area (Å²) in [6.07, 6.45) is 3.43. The van der Waals surface area contributed by atoms with Gasteiger partial charge in [0, 0.05) is 12.4 Å². The zero-order chi connectivity index (χ0) is 11.4. The molecule has 2 N–H and O–H groups in total. The van der Waals surface area contributed by atoms with Crippen LogP contribution in [0.1, 0.15) is 28.9 Å². The van der Waals surface area contributed by atoms with Gasteiger partial charge in [0.25, 0.3) is 5.91 Å². The molecule has 0 bridgehead atoms. The first-order valence-corrected chi connectivity index (χ1v) is 5.26. The number of hydrogen-bond donors (Lipinski definition) is 2. The molecule has 1 atom stereocenters. The van der Waals surface area contributed by atoms with Gasteiger partial charge in [-0.05, 0) is 18.6 Å². The fraction of sp³-hybridized carbons (Fsp3) is 0.154. The fourth-order valence-corrected chi connectivity index (χ4v) is 1.57. The van der Waals surface area contributed by atoms with Crippen LogP contribution in [0.2, 0.25) is 0 Å². The maximum Gasteiger partial charge on any atom is 0.253 e. The van der Waals surface area contributed by atoms with E-state index in [0.29, 0.717) is 5.56 Å². The Morgan fingerprint density at radius 2 is 2.00 bits per heavy atom. The van der Waals surface area contributed by atoms with E-state index in [2.05, 4.69) is 10.3 Å². The Balaban J connectivity index is 2.03. The SMILES string of the molecule is CC(NC(=O)c1cc[nH]c1)c1ccccc1. The Bertz CT molecular complexity index is 448. The van der Waals surface area contributed by atoms with Gasteiger partial charge in [-0.3, -0.25) is 4.79 Å². The molecule has 1 aromatic heterocycles. The highest BCUT2D eigenvalue weighted by molar-refractivity contribution is 5.94. The van der Waals surface area contributed by atoms with Crippen LogP contribution in [0.3, 0.4) is 0 Å². The summed E-state index contributed by atoms with van der Waals surface area (Å²) in [5.74, 6) is -0.0578. The molecule has 0 fully saturated rings. The van der Waals surface area contributed by atoms with E-state index in [1.165, 1.54) is 0 Å². The summed E-state index contributed by atoms with van der Waals surface area (Å²) in [5, 5.41) is 2.94. The van der Waals surface area contributed by atoms with E-state index in [1.54, 1.807) is 18.5 Å². The number of carbonyl (C=O) groups is 1. The van der Waals surface area contributed by atoms with Gasteiger partial charge in [-0.1, -0.05) is 30.3 Å². The third kappa shape index (κ3) is 2.31. The Labute approximate surface area is 94.5 Å². The smallest absolute Gasteiger partial charge is 0.253 e. The number of carbonyl (C=O) groups excluding carboxylic acids is 1. The van der Waals surface area contributed by atoms with Crippen molar-refractivity contribution in [2.45, 2.75) is 13.0 Å². The Kier molecular flexibility index (Phi) is 3.05. The lowest BCUT2D eigenvalue weighted by Crippen LogP contribution is -2.26. The van der Waals surface area contributed by atoms with E-state index < -0.39 is 0 Å². The van der Waals surface area contributed by atoms with Crippen LogP contribution in [0.4, 0.5) is 0 Å². The highest BCUT2D eigenvalue weighted by Gasteiger charge is 2.10. The van der Waals surface area contributed by atoms with Gasteiger partial charge in [0.2, 0.25) is 0 Å². The predicted molar refractivity (Wildman–Crippen MR) is 63.1 cm³/mol. The number of H-pyrrole nitrogens is 1. The standard InChI is InChI=1S/C13H14N2O/c1-10(11-5-3-2-4-6-11)15-13(16)12-7-8-14-9-12/h2-10,14H,1H3,(H,15,16). The molecular weight excluding hydrogens is 200 g/mol. The predicted octanol–water partition coefficient (Wildman–Crippen LogP) is 2.51. The molecule has 0 aliphatic carbocycles. The van der Waals surface area contributed by atoms with Crippen LogP contribution in [0.25, 0.3) is 0 Å². The van der Waals surface area contributed by atoms with Crippen LogP contribution in [-0.2, 0) is 0 Å². The van der Waals surface area contributed by atoms with Crippen LogP contribution >= 0.6 is 0 Å². The summed E-state index contributed by atoms with van der Waals surface area (Å²) >= 11 is 0. The Hall–Kier alpha value is -2.03. The first-order chi connectivity index (χ1) is 7.77. The summed E-state index contributed by atoms with van der Waals surface area (Å²) in [6, 6.07) is 11.7. The highest BCUT2D eigenvalue weighted by atomic mass is 16.1. The minimum absolute atomic E-state index is 0.0172. The lowest BCUT2D eigenvalue weighted by molar-refractivity contribution is 0.0940. The molecule has 0 spiro atoms. The maximum atomic E-state index is 11.8. The second-order valence-corrected chi connectivity index (χ2v) is 3.71. The molecule has 2 aromatic rings. The number of rotatable bonds is 3. The van der Waals surface area contributed by atoms with Gasteiger partial charge in [0.1, 0.15) is 0 Å². The number of aromatic amines is 1. The zero-order valence-corrected chi connectivity index (χ0v) is 9.10. The van der Waals surface area contributed by atoms with Gasteiger partial charge >= 0.3 is 0 Å². The quantitative estimate of drug-likeness (QED) is 0.810. The van der Waals surface area contributed by atoms with E-state index in [9.17, 15) is 4.79 Å². The lowest BCUT2D eigenvalue weighted by Gasteiger charge is -2.13. The summed E-state index contributed by atoms with van der Waals surface area (Å²) in [5.41, 5.74) is 1.76. The Morgan fingerprint density at radius 3 is 2.62 bits per heavy atom. The molecule has 3 heteroatoms. The topological polar surface area (TPSA) is 44.9 Å². The van der Waals surface area contributed by atoms with Crippen molar-refractivity contribution in [3.63, 3.8) is 0 Å². The normalized spacial score (nSPS) is 12.1. The third-order valence-electron chi connectivity index (χ3n) is 2.51. The van der Waals surface area contributed by atoms with E-state index in [0.717, 1.165) is 5.56 Å². The van der Waals surface area contributed by atoms with E-state index >= 15 is 0 Å². The largest absolute Gasteiger partial charge is 0.367 e. The van der Waals surface area contributed by atoms with Gasteiger partial charge < -0.3 is 10.3 Å². The molecule has 3 nitrogen and oxygen atoms in total. The van der Waals surface area contributed by atoms with Crippen LogP contribution in [0.5, 0.6) is 0 Å². The van der Waals surface area contributed by atoms with Crippen LogP contribution < -0.4 is 5.32 Å². The van der Waals surface area contributed by atoms with Crippen LogP contribution in [0, 0.1) is 0 Å². The summed E-state index contributed by atoms with van der Waals surface area (Å²) in [4.78, 5) is 14.6. The minimum atomic E-state index is -0.0578. The number of nitrogens with one attached hydrogen (secondary N) is 2. The summed E-state index contributed by atoms with van der Waals surface area (Å²) < 4.78 is 0. The van der Waals surface area contributed by atoms with Gasteiger partial charge in [0.15, 0.2) is 0 Å². The number of aromatic nitrogens is 1. The average Bonchev–Trinajstić information content (AvgIpc) is 2.83. The number of benzene rings is 1. The van der Waals surface area contributed by atoms with Crippen LogP contribution in [-0.4, -0.2) is 10.9 Å². The van der Waals surface area contributed by atoms with Crippen molar-refractivity contribution in [1.29, 1.82) is 0 Å². The number of amides is 1. The van der Waals surface area contributed by atoms with Crippen molar-refractivity contribution in [3.05, 3.63) is 59.9 Å². The van der Waals surface area contributed by atoms with Gasteiger partial charge in [0.05, 0.1) is 11.6 Å². The van der Waals surface area contributed by atoms with E-state index in [-0.39, 0.29) is 11.9 Å². The molecule has 2 rings (SSSR count). The van der Waals surface area contributed by atoms with E-state index in [4.69, 9.17) is 0 Å². The summed E-state index contributed by atoms with van der Waals surface area (Å²) in [7, 11) is 0. The van der Waals surface area contributed by atoms with Crippen LogP contribution in [0.15, 0.2) is 48.8 Å². The van der Waals surface area contributed by atoms with Crippen molar-refractivity contribution in [3.8, 4) is 0 Å². The lowest BCUT2D eigenvalue weighted by atomic mass is 10.1. The average molecular weight is 214 g/mol. The molecule has 0 saturated heterocycles. The Morgan fingerprint density at radius 1 is 1.25 bits per heavy atom. The van der Waals surface area contributed by atoms with Crippen molar-refractivity contribution in [1.82, 2.24) is 10.3 Å². The van der Waals surface area contributed by atoms with E-state index in [1.807, 2.05) is 37.3 Å². The second kappa shape index (κ2) is 4.66. The molecule has 82 valence electrons. The molecule has 1 amide bonds. The zero-order valence-electron chi connectivity index (χ0n) is 9.10. The molecule has 0 saturated carbocycles. The minimum Gasteiger partial charge on any atom is -0.367 e. The first-order valence-electron chi connectivity index (χ1n) is 5.26. The second-order valence-electron chi connectivity index (χ2n) is 3.71. The molecule has 1 aromatic carbocycles. The molecular formula is C13H14N2O. The summed E-state index contributed by atoms with van der Waals surface area (Å²) in [6.45, 7) is 1.97. The van der Waals surface area contributed by atoms with Gasteiger partial charge in [-0.2, -0.15) is 0 Å². The third-order valence-corrected chi connectivity index (χ3v) is 2.51. The molecule has 1 heterocycles. The van der Waals surface area contributed by atoms with Crippen molar-refractivity contribution < 1.29 is 4.79 Å². The van der Waals surface area contributed by atoms with Gasteiger partial charge in [-0.15, -0.1) is 0 Å². The monoisotopic (exact) mass is 214 g/mol. The van der Waals surface area contributed by atoms with Crippen molar-refractivity contribution in [2.75, 3.05) is 0 Å². The number of hydrogen-bond acceptors (Lipinski definition) is 1. The molecule has 16 heavy (non-hydrogen) atoms.